The maximum absolute atomic E-state index is 10.5. The van der Waals surface area contributed by atoms with E-state index < -0.39 is 0 Å². The zero-order chi connectivity index (χ0) is 21.0. The molecule has 29 heavy (non-hydrogen) atoms. The van der Waals surface area contributed by atoms with Gasteiger partial charge in [0.25, 0.3) is 0 Å². The Labute approximate surface area is 180 Å². The number of hydrogen-bond acceptors (Lipinski definition) is 1. The lowest BCUT2D eigenvalue weighted by Gasteiger charge is -2.55. The number of fused-ring (bicyclic) bond motifs is 4. The topological polar surface area (TPSA) is 20.2 Å². The zero-order valence-electron chi connectivity index (χ0n) is 20.1. The number of aliphatic hydroxyl groups is 1. The molecule has 1 saturated carbocycles. The minimum absolute atomic E-state index is 0.0779. The zero-order valence-corrected chi connectivity index (χ0v) is 20.1. The predicted octanol–water partition coefficient (Wildman–Crippen LogP) is 7.70. The van der Waals surface area contributed by atoms with Crippen LogP contribution in [0.15, 0.2) is 22.8 Å². The van der Waals surface area contributed by atoms with Crippen molar-refractivity contribution in [2.45, 2.75) is 112 Å². The molecule has 164 valence electrons. The Balaban J connectivity index is 1.56. The van der Waals surface area contributed by atoms with Crippen LogP contribution in [0, 0.1) is 40.4 Å². The van der Waals surface area contributed by atoms with E-state index in [2.05, 4.69) is 47.6 Å². The average Bonchev–Trinajstić information content (AvgIpc) is 3.02. The van der Waals surface area contributed by atoms with E-state index in [1.54, 1.807) is 11.1 Å². The van der Waals surface area contributed by atoms with Gasteiger partial charge in [-0.25, -0.2) is 0 Å². The van der Waals surface area contributed by atoms with Crippen molar-refractivity contribution < 1.29 is 5.11 Å². The van der Waals surface area contributed by atoms with Gasteiger partial charge in [-0.15, -0.1) is 0 Å². The number of rotatable bonds is 5. The molecule has 7 atom stereocenters. The lowest BCUT2D eigenvalue weighted by Crippen LogP contribution is -2.48. The van der Waals surface area contributed by atoms with Crippen molar-refractivity contribution >= 4 is 0 Å². The molecule has 0 spiro atoms. The van der Waals surface area contributed by atoms with E-state index in [0.29, 0.717) is 22.7 Å². The van der Waals surface area contributed by atoms with E-state index in [9.17, 15) is 5.11 Å². The molecule has 1 fully saturated rings. The summed E-state index contributed by atoms with van der Waals surface area (Å²) in [4.78, 5) is 0. The van der Waals surface area contributed by atoms with Crippen LogP contribution in [0.3, 0.4) is 0 Å². The van der Waals surface area contributed by atoms with Gasteiger partial charge in [0, 0.05) is 0 Å². The van der Waals surface area contributed by atoms with E-state index in [1.807, 2.05) is 5.57 Å². The van der Waals surface area contributed by atoms with Crippen molar-refractivity contribution in [2.24, 2.45) is 40.4 Å². The third kappa shape index (κ3) is 3.48. The maximum atomic E-state index is 10.5. The van der Waals surface area contributed by atoms with Crippen LogP contribution in [-0.4, -0.2) is 11.2 Å². The highest BCUT2D eigenvalue weighted by Crippen LogP contribution is 2.64. The molecule has 1 N–H and O–H groups in total. The van der Waals surface area contributed by atoms with Crippen LogP contribution < -0.4 is 0 Å². The highest BCUT2D eigenvalue weighted by atomic mass is 16.3. The van der Waals surface area contributed by atoms with E-state index >= 15 is 0 Å². The molecule has 0 aromatic heterocycles. The molecule has 0 saturated heterocycles. The van der Waals surface area contributed by atoms with E-state index in [1.165, 1.54) is 57.8 Å². The van der Waals surface area contributed by atoms with Crippen molar-refractivity contribution in [3.05, 3.63) is 22.8 Å². The Bertz CT molecular complexity index is 684. The second-order valence-electron chi connectivity index (χ2n) is 12.2. The van der Waals surface area contributed by atoms with Crippen molar-refractivity contribution in [2.75, 3.05) is 0 Å². The fourth-order valence-corrected chi connectivity index (χ4v) is 8.25. The van der Waals surface area contributed by atoms with Gasteiger partial charge in [-0.1, -0.05) is 72.5 Å². The Kier molecular flexibility index (Phi) is 5.86. The second-order valence-corrected chi connectivity index (χ2v) is 12.2. The SMILES string of the molecule is CC(C)CCC[C@@H](C)[C@H]1CC=C2C3=C(CC[C@@]21C)[C@@]1(C)CCC(O)C(C)C1CC3. The van der Waals surface area contributed by atoms with Gasteiger partial charge in [-0.2, -0.15) is 0 Å². The summed E-state index contributed by atoms with van der Waals surface area (Å²) in [6.07, 6.45) is 15.5. The minimum atomic E-state index is -0.0779. The Morgan fingerprint density at radius 1 is 1.03 bits per heavy atom. The van der Waals surface area contributed by atoms with Gasteiger partial charge < -0.3 is 5.11 Å². The summed E-state index contributed by atoms with van der Waals surface area (Å²) in [5, 5.41) is 10.5. The van der Waals surface area contributed by atoms with Gasteiger partial charge in [-0.3, -0.25) is 0 Å². The molecular weight excluding hydrogens is 352 g/mol. The van der Waals surface area contributed by atoms with Gasteiger partial charge in [0.15, 0.2) is 0 Å². The summed E-state index contributed by atoms with van der Waals surface area (Å²) in [5.74, 6) is 3.66. The van der Waals surface area contributed by atoms with Crippen LogP contribution in [0.2, 0.25) is 0 Å². The first-order chi connectivity index (χ1) is 13.7. The lowest BCUT2D eigenvalue weighted by molar-refractivity contribution is -0.0287. The van der Waals surface area contributed by atoms with Crippen LogP contribution in [0.25, 0.3) is 0 Å². The number of allylic oxidation sites excluding steroid dienone is 4. The quantitative estimate of drug-likeness (QED) is 0.503. The van der Waals surface area contributed by atoms with Gasteiger partial charge in [0.2, 0.25) is 0 Å². The van der Waals surface area contributed by atoms with Crippen LogP contribution in [0.5, 0.6) is 0 Å². The van der Waals surface area contributed by atoms with Crippen molar-refractivity contribution in [1.29, 1.82) is 0 Å². The van der Waals surface area contributed by atoms with Crippen LogP contribution in [0.4, 0.5) is 0 Å². The first-order valence-corrected chi connectivity index (χ1v) is 12.8. The average molecular weight is 399 g/mol. The summed E-state index contributed by atoms with van der Waals surface area (Å²) in [6, 6.07) is 0. The molecule has 4 aliphatic rings. The molecule has 0 bridgehead atoms. The smallest absolute Gasteiger partial charge is 0.0569 e. The molecule has 4 rings (SSSR count). The molecule has 0 amide bonds. The molecule has 3 unspecified atom stereocenters. The van der Waals surface area contributed by atoms with Crippen LogP contribution in [-0.2, 0) is 0 Å². The monoisotopic (exact) mass is 398 g/mol. The van der Waals surface area contributed by atoms with Gasteiger partial charge in [0.1, 0.15) is 0 Å². The van der Waals surface area contributed by atoms with E-state index in [4.69, 9.17) is 0 Å². The Hall–Kier alpha value is -0.560. The highest BCUT2D eigenvalue weighted by Gasteiger charge is 2.54. The highest BCUT2D eigenvalue weighted by molar-refractivity contribution is 5.49. The van der Waals surface area contributed by atoms with Gasteiger partial charge >= 0.3 is 0 Å². The van der Waals surface area contributed by atoms with Crippen molar-refractivity contribution in [3.8, 4) is 0 Å². The molecule has 0 aromatic rings. The van der Waals surface area contributed by atoms with Gasteiger partial charge in [0.05, 0.1) is 6.10 Å². The fraction of sp³-hybridized carbons (Fsp3) is 0.857. The molecule has 0 radical (unpaired) electrons. The third-order valence-corrected chi connectivity index (χ3v) is 10.1. The third-order valence-electron chi connectivity index (χ3n) is 10.1. The molecule has 0 aliphatic heterocycles. The summed E-state index contributed by atoms with van der Waals surface area (Å²) in [6.45, 7) is 14.7. The predicted molar refractivity (Wildman–Crippen MR) is 124 cm³/mol. The second kappa shape index (κ2) is 7.85. The minimum Gasteiger partial charge on any atom is -0.393 e. The largest absolute Gasteiger partial charge is 0.393 e. The van der Waals surface area contributed by atoms with E-state index in [-0.39, 0.29) is 6.10 Å². The normalized spacial score (nSPS) is 43.0. The van der Waals surface area contributed by atoms with E-state index in [0.717, 1.165) is 24.2 Å². The Morgan fingerprint density at radius 2 is 1.79 bits per heavy atom. The fourth-order valence-electron chi connectivity index (χ4n) is 8.25. The van der Waals surface area contributed by atoms with Crippen LogP contribution in [0.1, 0.15) is 106 Å². The first-order valence-electron chi connectivity index (χ1n) is 12.8. The molecule has 4 aliphatic carbocycles. The molecular formula is C28H46O. The van der Waals surface area contributed by atoms with Gasteiger partial charge in [-0.05, 0) is 96.5 Å². The summed E-state index contributed by atoms with van der Waals surface area (Å²) in [5.41, 5.74) is 6.11. The molecule has 0 heterocycles. The molecule has 0 aromatic carbocycles. The number of hydrogen-bond donors (Lipinski definition) is 1. The Morgan fingerprint density at radius 3 is 2.52 bits per heavy atom. The lowest BCUT2D eigenvalue weighted by atomic mass is 9.49. The number of aliphatic hydroxyl groups excluding tert-OH is 1. The standard InChI is InChI=1S/C28H46O/c1-18(2)8-7-9-19(3)22-12-13-24-21-10-11-23-20(4)26(29)15-17-28(23,6)25(21)14-16-27(22,24)5/h13,18-20,22-23,26,29H,7-12,14-17H2,1-6H3/t19-,20?,22-,23?,26?,27-,28+/m1/s1. The molecule has 1 nitrogen and oxygen atoms in total. The molecule has 1 heteroatoms. The summed E-state index contributed by atoms with van der Waals surface area (Å²) >= 11 is 0. The van der Waals surface area contributed by atoms with Crippen molar-refractivity contribution in [3.63, 3.8) is 0 Å². The summed E-state index contributed by atoms with van der Waals surface area (Å²) < 4.78 is 0. The van der Waals surface area contributed by atoms with Crippen LogP contribution >= 0.6 is 0 Å². The summed E-state index contributed by atoms with van der Waals surface area (Å²) in [7, 11) is 0. The first kappa shape index (κ1) is 21.7. The maximum Gasteiger partial charge on any atom is 0.0569 e. The van der Waals surface area contributed by atoms with Crippen molar-refractivity contribution in [1.82, 2.24) is 0 Å².